The molecule has 0 saturated carbocycles. The molecule has 7 heteroatoms. The quantitative estimate of drug-likeness (QED) is 0.832. The molecule has 108 valence electrons. The van der Waals surface area contributed by atoms with Crippen molar-refractivity contribution in [1.82, 2.24) is 4.72 Å². The number of halogens is 1. The van der Waals surface area contributed by atoms with E-state index in [1.165, 1.54) is 0 Å². The molecule has 0 saturated heterocycles. The van der Waals surface area contributed by atoms with Crippen LogP contribution in [0.3, 0.4) is 0 Å². The molecule has 0 bridgehead atoms. The molecule has 0 aliphatic heterocycles. The Bertz CT molecular complexity index is 654. The molecule has 1 aliphatic carbocycles. The highest BCUT2D eigenvalue weighted by atomic mass is 32.2. The predicted octanol–water partition coefficient (Wildman–Crippen LogP) is 1.91. The van der Waals surface area contributed by atoms with E-state index in [2.05, 4.69) is 4.72 Å². The predicted molar refractivity (Wildman–Crippen MR) is 70.5 cm³/mol. The van der Waals surface area contributed by atoms with Crippen LogP contribution in [0.2, 0.25) is 0 Å². The molecule has 0 spiro atoms. The van der Waals surface area contributed by atoms with Crippen molar-refractivity contribution in [1.29, 1.82) is 0 Å². The number of carboxylic acids is 1. The highest BCUT2D eigenvalue weighted by Gasteiger charge is 2.22. The Kier molecular flexibility index (Phi) is 4.20. The van der Waals surface area contributed by atoms with Gasteiger partial charge >= 0.3 is 5.97 Å². The maximum atomic E-state index is 13.3. The first kappa shape index (κ1) is 14.7. The number of allylic oxidation sites excluding steroid dienone is 1. The molecule has 1 unspecified atom stereocenters. The summed E-state index contributed by atoms with van der Waals surface area (Å²) in [5, 5.41) is 8.81. The van der Waals surface area contributed by atoms with E-state index in [1.807, 2.05) is 12.2 Å². The minimum absolute atomic E-state index is 0.219. The van der Waals surface area contributed by atoms with E-state index in [0.29, 0.717) is 12.8 Å². The third-order valence-corrected chi connectivity index (χ3v) is 4.59. The van der Waals surface area contributed by atoms with Gasteiger partial charge in [-0.15, -0.1) is 0 Å². The Balaban J connectivity index is 2.27. The monoisotopic (exact) mass is 299 g/mol. The van der Waals surface area contributed by atoms with Gasteiger partial charge in [0.15, 0.2) is 0 Å². The lowest BCUT2D eigenvalue weighted by molar-refractivity contribution is 0.0691. The van der Waals surface area contributed by atoms with Crippen LogP contribution in [0.4, 0.5) is 4.39 Å². The Labute approximate surface area is 116 Å². The lowest BCUT2D eigenvalue weighted by Crippen LogP contribution is -2.35. The smallest absolute Gasteiger partial charge is 0.338 e. The highest BCUT2D eigenvalue weighted by molar-refractivity contribution is 7.89. The number of hydrogen-bond donors (Lipinski definition) is 2. The van der Waals surface area contributed by atoms with Crippen LogP contribution in [0.1, 0.15) is 29.6 Å². The molecule has 0 fully saturated rings. The van der Waals surface area contributed by atoms with E-state index in [0.717, 1.165) is 24.6 Å². The molecule has 0 radical (unpaired) electrons. The Morgan fingerprint density at radius 2 is 2.10 bits per heavy atom. The molecular weight excluding hydrogens is 285 g/mol. The van der Waals surface area contributed by atoms with Crippen LogP contribution in [0.25, 0.3) is 0 Å². The average molecular weight is 299 g/mol. The van der Waals surface area contributed by atoms with Gasteiger partial charge in [-0.25, -0.2) is 22.3 Å². The van der Waals surface area contributed by atoms with E-state index >= 15 is 0 Å². The minimum atomic E-state index is -3.85. The van der Waals surface area contributed by atoms with Crippen LogP contribution >= 0.6 is 0 Å². The normalized spacial score (nSPS) is 18.9. The van der Waals surface area contributed by atoms with Crippen LogP contribution in [-0.4, -0.2) is 25.5 Å². The summed E-state index contributed by atoms with van der Waals surface area (Å²) in [4.78, 5) is 10.6. The number of aromatic carboxylic acids is 1. The van der Waals surface area contributed by atoms with Gasteiger partial charge < -0.3 is 5.11 Å². The Hall–Kier alpha value is -1.73. The molecule has 5 nitrogen and oxygen atoms in total. The van der Waals surface area contributed by atoms with Crippen LogP contribution < -0.4 is 4.72 Å². The molecule has 2 N–H and O–H groups in total. The standard InChI is InChI=1S/C13H14FNO4S/c14-12-7-6-10(8-11(12)13(16)17)20(18,19)15-9-4-2-1-3-5-9/h1-2,6-9,15H,3-5H2,(H,16,17). The molecular formula is C13H14FNO4S. The zero-order chi connectivity index (χ0) is 14.8. The number of nitrogens with one attached hydrogen (secondary N) is 1. The van der Waals surface area contributed by atoms with Gasteiger partial charge in [0.2, 0.25) is 10.0 Å². The third kappa shape index (κ3) is 3.23. The van der Waals surface area contributed by atoms with E-state index < -0.39 is 27.4 Å². The van der Waals surface area contributed by atoms with Crippen LogP contribution in [0, 0.1) is 5.82 Å². The van der Waals surface area contributed by atoms with Crippen molar-refractivity contribution in [3.8, 4) is 0 Å². The second-order valence-electron chi connectivity index (χ2n) is 4.55. The van der Waals surface area contributed by atoms with Gasteiger partial charge in [0, 0.05) is 6.04 Å². The van der Waals surface area contributed by atoms with Crippen molar-refractivity contribution >= 4 is 16.0 Å². The van der Waals surface area contributed by atoms with E-state index in [-0.39, 0.29) is 10.9 Å². The summed E-state index contributed by atoms with van der Waals surface area (Å²) in [7, 11) is -3.85. The van der Waals surface area contributed by atoms with Gasteiger partial charge in [0.25, 0.3) is 0 Å². The van der Waals surface area contributed by atoms with Gasteiger partial charge in [0.1, 0.15) is 5.82 Å². The second-order valence-corrected chi connectivity index (χ2v) is 6.26. The summed E-state index contributed by atoms with van der Waals surface area (Å²) < 4.78 is 40.0. The number of benzene rings is 1. The van der Waals surface area contributed by atoms with Crippen molar-refractivity contribution < 1.29 is 22.7 Å². The lowest BCUT2D eigenvalue weighted by Gasteiger charge is -2.19. The first-order valence-corrected chi connectivity index (χ1v) is 7.58. The molecule has 0 amide bonds. The van der Waals surface area contributed by atoms with Crippen LogP contribution in [-0.2, 0) is 10.0 Å². The van der Waals surface area contributed by atoms with Gasteiger partial charge in [-0.05, 0) is 37.5 Å². The maximum absolute atomic E-state index is 13.3. The maximum Gasteiger partial charge on any atom is 0.338 e. The summed E-state index contributed by atoms with van der Waals surface area (Å²) in [5.74, 6) is -2.46. The second kappa shape index (κ2) is 5.72. The summed E-state index contributed by atoms with van der Waals surface area (Å²) in [5.41, 5.74) is -0.656. The first-order valence-electron chi connectivity index (χ1n) is 6.10. The highest BCUT2D eigenvalue weighted by Crippen LogP contribution is 2.18. The molecule has 1 aromatic carbocycles. The fourth-order valence-electron chi connectivity index (χ4n) is 2.02. The van der Waals surface area contributed by atoms with Gasteiger partial charge in [-0.2, -0.15) is 0 Å². The van der Waals surface area contributed by atoms with E-state index in [9.17, 15) is 17.6 Å². The number of carbonyl (C=O) groups is 1. The Morgan fingerprint density at radius 1 is 1.35 bits per heavy atom. The molecule has 1 aromatic rings. The molecule has 2 rings (SSSR count). The topological polar surface area (TPSA) is 83.5 Å². The van der Waals surface area contributed by atoms with Crippen molar-refractivity contribution in [2.45, 2.75) is 30.2 Å². The third-order valence-electron chi connectivity index (χ3n) is 3.07. The summed E-state index contributed by atoms with van der Waals surface area (Å²) in [6.45, 7) is 0. The van der Waals surface area contributed by atoms with Crippen molar-refractivity contribution in [3.63, 3.8) is 0 Å². The van der Waals surface area contributed by atoms with Crippen molar-refractivity contribution in [2.75, 3.05) is 0 Å². The van der Waals surface area contributed by atoms with Gasteiger partial charge in [0.05, 0.1) is 10.5 Å². The van der Waals surface area contributed by atoms with Crippen molar-refractivity contribution in [3.05, 3.63) is 41.7 Å². The number of sulfonamides is 1. The minimum Gasteiger partial charge on any atom is -0.478 e. The number of hydrogen-bond acceptors (Lipinski definition) is 3. The lowest BCUT2D eigenvalue weighted by atomic mass is 10.0. The summed E-state index contributed by atoms with van der Waals surface area (Å²) >= 11 is 0. The van der Waals surface area contributed by atoms with Crippen LogP contribution in [0.5, 0.6) is 0 Å². The molecule has 20 heavy (non-hydrogen) atoms. The Morgan fingerprint density at radius 3 is 2.70 bits per heavy atom. The van der Waals surface area contributed by atoms with E-state index in [4.69, 9.17) is 5.11 Å². The first-order chi connectivity index (χ1) is 9.40. The summed E-state index contributed by atoms with van der Waals surface area (Å²) in [6.07, 6.45) is 5.93. The zero-order valence-corrected chi connectivity index (χ0v) is 11.4. The average Bonchev–Trinajstić information content (AvgIpc) is 2.39. The van der Waals surface area contributed by atoms with E-state index in [1.54, 1.807) is 0 Å². The van der Waals surface area contributed by atoms with Crippen LogP contribution in [0.15, 0.2) is 35.2 Å². The molecule has 0 aromatic heterocycles. The fraction of sp³-hybridized carbons (Fsp3) is 0.308. The molecule has 1 atom stereocenters. The summed E-state index contributed by atoms with van der Waals surface area (Å²) in [6, 6.07) is 2.52. The number of rotatable bonds is 4. The van der Waals surface area contributed by atoms with Gasteiger partial charge in [-0.1, -0.05) is 12.2 Å². The largest absolute Gasteiger partial charge is 0.478 e. The zero-order valence-electron chi connectivity index (χ0n) is 10.5. The molecule has 0 heterocycles. The fourth-order valence-corrected chi connectivity index (χ4v) is 3.33. The molecule has 1 aliphatic rings. The SMILES string of the molecule is O=C(O)c1cc(S(=O)(=O)NC2CC=CCC2)ccc1F. The van der Waals surface area contributed by atoms with Gasteiger partial charge in [-0.3, -0.25) is 0 Å². The number of carboxylic acid groups (broad SMARTS) is 1. The van der Waals surface area contributed by atoms with Crippen molar-refractivity contribution in [2.24, 2.45) is 0 Å².